The Labute approximate surface area is 105 Å². The molecule has 0 fully saturated rings. The Kier molecular flexibility index (Phi) is 12.4. The predicted molar refractivity (Wildman–Crippen MR) is 53.5 cm³/mol. The topological polar surface area (TPSA) is 0 Å². The van der Waals surface area contributed by atoms with Gasteiger partial charge < -0.3 is 17.0 Å². The monoisotopic (exact) mass is 254 g/mol. The third-order valence-electron chi connectivity index (χ3n) is 1.16. The molecule has 12 heavy (non-hydrogen) atoms. The molecule has 0 aromatic rings. The van der Waals surface area contributed by atoms with E-state index in [2.05, 4.69) is 25.2 Å². The molecule has 0 spiro atoms. The van der Waals surface area contributed by atoms with Crippen LogP contribution < -0.4 is 17.0 Å². The van der Waals surface area contributed by atoms with Crippen LogP contribution in [-0.2, 0) is 0 Å². The molecule has 0 aliphatic heterocycles. The van der Waals surface area contributed by atoms with Gasteiger partial charge in [0.1, 0.15) is 0 Å². The summed E-state index contributed by atoms with van der Waals surface area (Å²) in [6.45, 7) is 2.20. The third kappa shape index (κ3) is 6.27. The fraction of sp³-hybridized carbons (Fsp3) is 0.333. The number of hydrogen-bond donors (Lipinski definition) is 0. The van der Waals surface area contributed by atoms with E-state index in [1.165, 1.54) is 17.1 Å². The largest absolute Gasteiger partial charge is 2.00 e. The maximum Gasteiger partial charge on any atom is 2.00 e. The van der Waals surface area contributed by atoms with Crippen molar-refractivity contribution in [2.24, 2.45) is 0 Å². The molecule has 1 aliphatic carbocycles. The van der Waals surface area contributed by atoms with E-state index in [-0.39, 0.29) is 40.0 Å². The van der Waals surface area contributed by atoms with Crippen LogP contribution in [0.25, 0.3) is 0 Å². The van der Waals surface area contributed by atoms with Gasteiger partial charge in [-0.15, -0.1) is 17.1 Å². The summed E-state index contributed by atoms with van der Waals surface area (Å²) in [5, 5.41) is 0. The molecule has 0 saturated heterocycles. The van der Waals surface area contributed by atoms with Crippen LogP contribution in [-0.4, -0.2) is 28.8 Å². The van der Waals surface area contributed by atoms with Gasteiger partial charge in [-0.25, -0.2) is 0 Å². The minimum absolute atomic E-state index is 0. The second kappa shape index (κ2) is 9.81. The van der Waals surface area contributed by atoms with Crippen molar-refractivity contribution in [1.82, 2.24) is 0 Å². The minimum Gasteiger partial charge on any atom is -1.00 e. The van der Waals surface area contributed by atoms with E-state index in [1.54, 1.807) is 0 Å². The van der Waals surface area contributed by atoms with Crippen molar-refractivity contribution in [3.63, 3.8) is 0 Å². The van der Waals surface area contributed by atoms with Gasteiger partial charge >= 0.3 is 23.1 Å². The fourth-order valence-electron chi connectivity index (χ4n) is 0.688. The van der Waals surface area contributed by atoms with E-state index >= 15 is 0 Å². The van der Waals surface area contributed by atoms with Gasteiger partial charge in [0.15, 0.2) is 0 Å². The Hall–Kier alpha value is 0.726. The molecular formula is C9H11BrMgS. The van der Waals surface area contributed by atoms with Crippen LogP contribution in [0.2, 0.25) is 0 Å². The van der Waals surface area contributed by atoms with Crippen LogP contribution in [0.15, 0.2) is 28.9 Å². The molecular weight excluding hydrogens is 244 g/mol. The minimum atomic E-state index is 0. The molecule has 0 aromatic heterocycles. The summed E-state index contributed by atoms with van der Waals surface area (Å²) in [7, 11) is 0. The molecule has 0 saturated carbocycles. The zero-order valence-corrected chi connectivity index (χ0v) is 11.0. The summed E-state index contributed by atoms with van der Waals surface area (Å²) in [4.78, 5) is 1.35. The van der Waals surface area contributed by atoms with E-state index in [0.29, 0.717) is 0 Å². The molecule has 62 valence electrons. The standard InChI is InChI=1S/C9H11S.BrH.Mg/c1-2-8-10-9-6-4-3-5-7-9;;/h4-7H,2,8H2,1H3;1H;/q-1;;+2/p-1. The number of allylic oxidation sites excluding steroid dienone is 3. The van der Waals surface area contributed by atoms with Gasteiger partial charge in [0, 0.05) is 0 Å². The summed E-state index contributed by atoms with van der Waals surface area (Å²) in [5.74, 6) is 1.21. The predicted octanol–water partition coefficient (Wildman–Crippen LogP) is -0.434. The zero-order chi connectivity index (χ0) is 7.23. The van der Waals surface area contributed by atoms with Gasteiger partial charge in [0.2, 0.25) is 0 Å². The van der Waals surface area contributed by atoms with Crippen molar-refractivity contribution in [3.05, 3.63) is 35.3 Å². The molecule has 1 aliphatic rings. The van der Waals surface area contributed by atoms with Crippen LogP contribution in [0, 0.1) is 6.42 Å². The summed E-state index contributed by atoms with van der Waals surface area (Å²) >= 11 is 1.90. The van der Waals surface area contributed by atoms with Crippen LogP contribution >= 0.6 is 11.8 Å². The van der Waals surface area contributed by atoms with E-state index in [9.17, 15) is 0 Å². The third-order valence-corrected chi connectivity index (χ3v) is 2.38. The first kappa shape index (κ1) is 15.2. The first-order chi connectivity index (χ1) is 4.93. The van der Waals surface area contributed by atoms with E-state index < -0.39 is 0 Å². The van der Waals surface area contributed by atoms with Gasteiger partial charge in [-0.2, -0.15) is 24.3 Å². The number of hydrogen-bond acceptors (Lipinski definition) is 1. The van der Waals surface area contributed by atoms with Crippen molar-refractivity contribution in [1.29, 1.82) is 0 Å². The molecule has 0 heterocycles. The summed E-state index contributed by atoms with van der Waals surface area (Å²) in [6, 6.07) is 0. The fourth-order valence-corrected chi connectivity index (χ4v) is 1.46. The number of halogens is 1. The van der Waals surface area contributed by atoms with Crippen molar-refractivity contribution in [3.8, 4) is 0 Å². The molecule has 3 heteroatoms. The molecule has 0 radical (unpaired) electrons. The summed E-state index contributed by atoms with van der Waals surface area (Å²) in [6.07, 6.45) is 9.35. The Bertz CT molecular complexity index is 193. The zero-order valence-electron chi connectivity index (χ0n) is 7.22. The van der Waals surface area contributed by atoms with Crippen LogP contribution in [0.1, 0.15) is 13.3 Å². The van der Waals surface area contributed by atoms with Crippen molar-refractivity contribution < 1.29 is 17.0 Å². The van der Waals surface area contributed by atoms with Gasteiger partial charge in [-0.1, -0.05) is 6.92 Å². The van der Waals surface area contributed by atoms with Gasteiger partial charge in [-0.3, -0.25) is 5.73 Å². The maximum absolute atomic E-state index is 3.00. The van der Waals surface area contributed by atoms with E-state index in [4.69, 9.17) is 0 Å². The van der Waals surface area contributed by atoms with Crippen molar-refractivity contribution >= 4 is 34.8 Å². The Morgan fingerprint density at radius 2 is 2.33 bits per heavy atom. The maximum atomic E-state index is 3.00. The first-order valence-corrected chi connectivity index (χ1v) is 4.51. The van der Waals surface area contributed by atoms with E-state index in [0.717, 1.165) is 0 Å². The number of thioether (sulfide) groups is 1. The molecule has 0 nitrogen and oxygen atoms in total. The Morgan fingerprint density at radius 1 is 1.58 bits per heavy atom. The Morgan fingerprint density at radius 3 is 2.83 bits per heavy atom. The molecule has 1 rings (SSSR count). The molecule has 0 aromatic carbocycles. The van der Waals surface area contributed by atoms with Gasteiger partial charge in [0.05, 0.1) is 0 Å². The normalized spacial score (nSPS) is 12.2. The van der Waals surface area contributed by atoms with E-state index in [1.807, 2.05) is 23.9 Å². The van der Waals surface area contributed by atoms with Crippen LogP contribution in [0.5, 0.6) is 0 Å². The smallest absolute Gasteiger partial charge is 1.00 e. The summed E-state index contributed by atoms with van der Waals surface area (Å²) < 4.78 is 0. The molecule has 0 N–H and O–H groups in total. The second-order valence-electron chi connectivity index (χ2n) is 2.08. The summed E-state index contributed by atoms with van der Waals surface area (Å²) in [5.41, 5.74) is 3.00. The molecule has 0 unspecified atom stereocenters. The Balaban J connectivity index is 0. The second-order valence-corrected chi connectivity index (χ2v) is 3.25. The van der Waals surface area contributed by atoms with Crippen molar-refractivity contribution in [2.75, 3.05) is 5.75 Å². The SMILES string of the molecule is CCCSC1=CC=C=C[CH-]1.[Br-].[Mg+2]. The van der Waals surface area contributed by atoms with Crippen molar-refractivity contribution in [2.45, 2.75) is 13.3 Å². The average molecular weight is 255 g/mol. The molecule has 0 amide bonds. The van der Waals surface area contributed by atoms with Gasteiger partial charge in [0.25, 0.3) is 0 Å². The number of rotatable bonds is 3. The first-order valence-electron chi connectivity index (χ1n) is 3.52. The quantitative estimate of drug-likeness (QED) is 0.375. The van der Waals surface area contributed by atoms with Crippen LogP contribution in [0.3, 0.4) is 0 Å². The van der Waals surface area contributed by atoms with Gasteiger partial charge in [-0.05, 0) is 12.2 Å². The molecule has 0 atom stereocenters. The van der Waals surface area contributed by atoms with Crippen LogP contribution in [0.4, 0.5) is 0 Å². The molecule has 0 bridgehead atoms. The average Bonchev–Trinajstić information content (AvgIpc) is 2.03.